The molecule has 0 bridgehead atoms. The quantitative estimate of drug-likeness (QED) is 0.375. The molecule has 0 saturated carbocycles. The number of hydrogen-bond donors (Lipinski definition) is 0. The van der Waals surface area contributed by atoms with Crippen LogP contribution >= 0.6 is 0 Å². The molecular formula is C16H10N2O4. The van der Waals surface area contributed by atoms with Crippen LogP contribution in [-0.2, 0) is 0 Å². The Hall–Kier alpha value is -3.33. The fourth-order valence-corrected chi connectivity index (χ4v) is 2.20. The van der Waals surface area contributed by atoms with E-state index in [4.69, 9.17) is 9.47 Å². The first-order valence-corrected chi connectivity index (χ1v) is 6.44. The summed E-state index contributed by atoms with van der Waals surface area (Å²) >= 11 is 0. The van der Waals surface area contributed by atoms with E-state index in [1.807, 2.05) is 6.07 Å². The van der Waals surface area contributed by atoms with Gasteiger partial charge in [-0.3, -0.25) is 10.1 Å². The lowest BCUT2D eigenvalue weighted by atomic mass is 10.0. The summed E-state index contributed by atoms with van der Waals surface area (Å²) in [6.07, 6.45) is 1.59. The Kier molecular flexibility index (Phi) is 3.46. The zero-order valence-corrected chi connectivity index (χ0v) is 11.4. The zero-order valence-electron chi connectivity index (χ0n) is 11.4. The maximum absolute atomic E-state index is 11.1. The van der Waals surface area contributed by atoms with E-state index in [1.165, 1.54) is 6.07 Å². The molecule has 0 aliphatic carbocycles. The van der Waals surface area contributed by atoms with Crippen molar-refractivity contribution in [3.63, 3.8) is 0 Å². The van der Waals surface area contributed by atoms with Crippen LogP contribution in [0.3, 0.4) is 0 Å². The number of nitrogens with zero attached hydrogens (tertiary/aromatic N) is 2. The molecule has 0 radical (unpaired) electrons. The SMILES string of the molecule is N#CC(=Cc1ccc2c(c1)OCO2)c1ccccc1[N+](=O)[O-]. The largest absolute Gasteiger partial charge is 0.454 e. The highest BCUT2D eigenvalue weighted by Gasteiger charge is 2.17. The predicted octanol–water partition coefficient (Wildman–Crippen LogP) is 3.39. The van der Waals surface area contributed by atoms with E-state index in [1.54, 1.807) is 42.5 Å². The fraction of sp³-hybridized carbons (Fsp3) is 0.0625. The lowest BCUT2D eigenvalue weighted by Gasteiger charge is -2.02. The van der Waals surface area contributed by atoms with Crippen LogP contribution in [0.4, 0.5) is 5.69 Å². The second-order valence-corrected chi connectivity index (χ2v) is 4.56. The van der Waals surface area contributed by atoms with Gasteiger partial charge in [-0.25, -0.2) is 0 Å². The Morgan fingerprint density at radius 3 is 2.77 bits per heavy atom. The monoisotopic (exact) mass is 294 g/mol. The van der Waals surface area contributed by atoms with Gasteiger partial charge in [0.2, 0.25) is 6.79 Å². The van der Waals surface area contributed by atoms with Crippen LogP contribution in [0.15, 0.2) is 42.5 Å². The molecule has 0 aromatic heterocycles. The molecular weight excluding hydrogens is 284 g/mol. The van der Waals surface area contributed by atoms with E-state index in [-0.39, 0.29) is 23.6 Å². The van der Waals surface area contributed by atoms with E-state index >= 15 is 0 Å². The van der Waals surface area contributed by atoms with E-state index in [2.05, 4.69) is 0 Å². The molecule has 0 amide bonds. The third-order valence-electron chi connectivity index (χ3n) is 3.22. The van der Waals surface area contributed by atoms with Crippen molar-refractivity contribution in [2.75, 3.05) is 6.79 Å². The maximum atomic E-state index is 11.1. The van der Waals surface area contributed by atoms with Gasteiger partial charge >= 0.3 is 0 Å². The highest BCUT2D eigenvalue weighted by Crippen LogP contribution is 2.34. The lowest BCUT2D eigenvalue weighted by Crippen LogP contribution is -1.94. The van der Waals surface area contributed by atoms with Gasteiger partial charge in [0.25, 0.3) is 5.69 Å². The van der Waals surface area contributed by atoms with Gasteiger partial charge in [-0.05, 0) is 29.8 Å². The van der Waals surface area contributed by atoms with Crippen LogP contribution in [0.5, 0.6) is 11.5 Å². The second-order valence-electron chi connectivity index (χ2n) is 4.56. The maximum Gasteiger partial charge on any atom is 0.277 e. The number of allylic oxidation sites excluding steroid dienone is 1. The highest BCUT2D eigenvalue weighted by molar-refractivity contribution is 5.92. The molecule has 2 aromatic rings. The molecule has 1 heterocycles. The first kappa shape index (κ1) is 13.6. The number of nitro benzene ring substituents is 1. The second kappa shape index (κ2) is 5.58. The van der Waals surface area contributed by atoms with E-state index in [0.717, 1.165) is 0 Å². The molecule has 1 aliphatic rings. The summed E-state index contributed by atoms with van der Waals surface area (Å²) < 4.78 is 10.5. The number of benzene rings is 2. The Labute approximate surface area is 126 Å². The molecule has 6 heteroatoms. The van der Waals surface area contributed by atoms with Gasteiger partial charge in [-0.1, -0.05) is 18.2 Å². The minimum Gasteiger partial charge on any atom is -0.454 e. The first-order valence-electron chi connectivity index (χ1n) is 6.44. The van der Waals surface area contributed by atoms with Crippen LogP contribution in [0.2, 0.25) is 0 Å². The minimum absolute atomic E-state index is 0.101. The molecule has 0 unspecified atom stereocenters. The van der Waals surface area contributed by atoms with Crippen LogP contribution < -0.4 is 9.47 Å². The summed E-state index contributed by atoms with van der Waals surface area (Å²) in [7, 11) is 0. The van der Waals surface area contributed by atoms with Crippen LogP contribution in [0, 0.1) is 21.4 Å². The van der Waals surface area contributed by atoms with Crippen LogP contribution in [0.25, 0.3) is 11.6 Å². The number of nitro groups is 1. The van der Waals surface area contributed by atoms with Gasteiger partial charge < -0.3 is 9.47 Å². The third-order valence-corrected chi connectivity index (χ3v) is 3.22. The van der Waals surface area contributed by atoms with Crippen LogP contribution in [0.1, 0.15) is 11.1 Å². The highest BCUT2D eigenvalue weighted by atomic mass is 16.7. The van der Waals surface area contributed by atoms with Crippen molar-refractivity contribution in [2.24, 2.45) is 0 Å². The summed E-state index contributed by atoms with van der Waals surface area (Å²) in [6, 6.07) is 13.4. The molecule has 108 valence electrons. The number of fused-ring (bicyclic) bond motifs is 1. The number of ether oxygens (including phenoxy) is 2. The van der Waals surface area contributed by atoms with Gasteiger partial charge in [-0.15, -0.1) is 0 Å². The number of para-hydroxylation sites is 1. The van der Waals surface area contributed by atoms with Crippen molar-refractivity contribution in [3.05, 3.63) is 63.7 Å². The van der Waals surface area contributed by atoms with Gasteiger partial charge in [0.1, 0.15) is 6.07 Å². The normalized spacial score (nSPS) is 12.8. The van der Waals surface area contributed by atoms with Gasteiger partial charge in [0, 0.05) is 6.07 Å². The average molecular weight is 294 g/mol. The van der Waals surface area contributed by atoms with Gasteiger partial charge in [0.15, 0.2) is 11.5 Å². The Morgan fingerprint density at radius 1 is 1.23 bits per heavy atom. The summed E-state index contributed by atoms with van der Waals surface area (Å²) in [6.45, 7) is 0.164. The molecule has 0 spiro atoms. The summed E-state index contributed by atoms with van der Waals surface area (Å²) in [5, 5.41) is 20.4. The number of hydrogen-bond acceptors (Lipinski definition) is 5. The fourth-order valence-electron chi connectivity index (χ4n) is 2.20. The molecule has 6 nitrogen and oxygen atoms in total. The smallest absolute Gasteiger partial charge is 0.277 e. The molecule has 0 saturated heterocycles. The van der Waals surface area contributed by atoms with Crippen molar-refractivity contribution in [1.29, 1.82) is 5.26 Å². The molecule has 2 aromatic carbocycles. The van der Waals surface area contributed by atoms with Crippen molar-refractivity contribution < 1.29 is 14.4 Å². The zero-order chi connectivity index (χ0) is 15.5. The third kappa shape index (κ3) is 2.47. The number of rotatable bonds is 3. The standard InChI is InChI=1S/C16H10N2O4/c17-9-12(13-3-1-2-4-14(13)18(19)20)7-11-5-6-15-16(8-11)22-10-21-15/h1-8H,10H2. The van der Waals surface area contributed by atoms with Crippen molar-refractivity contribution in [2.45, 2.75) is 0 Å². The molecule has 0 N–H and O–H groups in total. The summed E-state index contributed by atoms with van der Waals surface area (Å²) in [4.78, 5) is 10.6. The average Bonchev–Trinajstić information content (AvgIpc) is 3.00. The van der Waals surface area contributed by atoms with E-state index in [9.17, 15) is 15.4 Å². The van der Waals surface area contributed by atoms with E-state index in [0.29, 0.717) is 17.1 Å². The van der Waals surface area contributed by atoms with E-state index < -0.39 is 4.92 Å². The molecule has 1 aliphatic heterocycles. The topological polar surface area (TPSA) is 85.4 Å². The summed E-state index contributed by atoms with van der Waals surface area (Å²) in [5.74, 6) is 1.23. The molecule has 3 rings (SSSR count). The van der Waals surface area contributed by atoms with Gasteiger partial charge in [0.05, 0.1) is 16.1 Å². The Morgan fingerprint density at radius 2 is 2.00 bits per heavy atom. The van der Waals surface area contributed by atoms with Crippen molar-refractivity contribution in [3.8, 4) is 17.6 Å². The molecule has 0 atom stereocenters. The Balaban J connectivity index is 2.05. The van der Waals surface area contributed by atoms with Gasteiger partial charge in [-0.2, -0.15) is 5.26 Å². The Bertz CT molecular complexity index is 821. The molecule has 0 fully saturated rings. The van der Waals surface area contributed by atoms with Crippen molar-refractivity contribution in [1.82, 2.24) is 0 Å². The molecule has 22 heavy (non-hydrogen) atoms. The number of nitriles is 1. The summed E-state index contributed by atoms with van der Waals surface area (Å²) in [5.41, 5.74) is 1.11. The minimum atomic E-state index is -0.500. The van der Waals surface area contributed by atoms with Crippen molar-refractivity contribution >= 4 is 17.3 Å². The lowest BCUT2D eigenvalue weighted by molar-refractivity contribution is -0.385. The predicted molar refractivity (Wildman–Crippen MR) is 79.1 cm³/mol. The van der Waals surface area contributed by atoms with Crippen LogP contribution in [-0.4, -0.2) is 11.7 Å². The first-order chi connectivity index (χ1) is 10.7.